The van der Waals surface area contributed by atoms with Gasteiger partial charge in [-0.2, -0.15) is 0 Å². The fourth-order valence-electron chi connectivity index (χ4n) is 2.39. The van der Waals surface area contributed by atoms with Gasteiger partial charge in [-0.1, -0.05) is 37.1 Å². The Balaban J connectivity index is 1.91. The number of hydrogen-bond acceptors (Lipinski definition) is 3. The predicted octanol–water partition coefficient (Wildman–Crippen LogP) is 3.34. The summed E-state index contributed by atoms with van der Waals surface area (Å²) in [6.45, 7) is 0.879. The standard InChI is InChI=1S/C19H23NO3/c21-13-4-2-1-3-12-20-19(23)17-7-5-6-16(14-17)15-8-10-18(22)11-9-15/h5-11,14,21-22H,1-4,12-13H2,(H,20,23). The number of aromatic hydroxyl groups is 1. The topological polar surface area (TPSA) is 69.6 Å². The van der Waals surface area contributed by atoms with Gasteiger partial charge in [0.15, 0.2) is 0 Å². The van der Waals surface area contributed by atoms with Crippen molar-refractivity contribution in [2.24, 2.45) is 0 Å². The molecule has 4 nitrogen and oxygen atoms in total. The number of phenolic OH excluding ortho intramolecular Hbond substituents is 1. The molecule has 1 amide bonds. The van der Waals surface area contributed by atoms with Gasteiger partial charge < -0.3 is 15.5 Å². The molecule has 23 heavy (non-hydrogen) atoms. The molecule has 122 valence electrons. The molecule has 0 saturated carbocycles. The van der Waals surface area contributed by atoms with E-state index in [-0.39, 0.29) is 18.3 Å². The molecule has 3 N–H and O–H groups in total. The third-order valence-corrected chi connectivity index (χ3v) is 3.70. The van der Waals surface area contributed by atoms with E-state index in [1.807, 2.05) is 30.3 Å². The molecule has 2 aromatic rings. The first-order valence-corrected chi connectivity index (χ1v) is 7.99. The Morgan fingerprint density at radius 2 is 1.65 bits per heavy atom. The van der Waals surface area contributed by atoms with Crippen molar-refractivity contribution in [3.05, 3.63) is 54.1 Å². The highest BCUT2D eigenvalue weighted by molar-refractivity contribution is 5.95. The Bertz CT molecular complexity index is 623. The molecule has 0 heterocycles. The van der Waals surface area contributed by atoms with Crippen molar-refractivity contribution < 1.29 is 15.0 Å². The first kappa shape index (κ1) is 17.0. The molecule has 0 bridgehead atoms. The second kappa shape index (κ2) is 8.96. The lowest BCUT2D eigenvalue weighted by Gasteiger charge is -2.07. The highest BCUT2D eigenvalue weighted by Gasteiger charge is 2.06. The molecular formula is C19H23NO3. The van der Waals surface area contributed by atoms with Gasteiger partial charge in [0.1, 0.15) is 5.75 Å². The van der Waals surface area contributed by atoms with Crippen LogP contribution < -0.4 is 5.32 Å². The van der Waals surface area contributed by atoms with Crippen LogP contribution in [0.3, 0.4) is 0 Å². The summed E-state index contributed by atoms with van der Waals surface area (Å²) in [4.78, 5) is 12.2. The van der Waals surface area contributed by atoms with E-state index >= 15 is 0 Å². The van der Waals surface area contributed by atoms with Crippen LogP contribution in [0.15, 0.2) is 48.5 Å². The van der Waals surface area contributed by atoms with Crippen LogP contribution in [-0.2, 0) is 0 Å². The minimum atomic E-state index is -0.0761. The third-order valence-electron chi connectivity index (χ3n) is 3.70. The van der Waals surface area contributed by atoms with Gasteiger partial charge >= 0.3 is 0 Å². The van der Waals surface area contributed by atoms with E-state index in [9.17, 15) is 9.90 Å². The lowest BCUT2D eigenvalue weighted by atomic mass is 10.0. The minimum absolute atomic E-state index is 0.0761. The van der Waals surface area contributed by atoms with Crippen molar-refractivity contribution in [3.8, 4) is 16.9 Å². The Morgan fingerprint density at radius 3 is 2.39 bits per heavy atom. The minimum Gasteiger partial charge on any atom is -0.508 e. The zero-order valence-corrected chi connectivity index (χ0v) is 13.2. The maximum absolute atomic E-state index is 12.2. The molecule has 0 saturated heterocycles. The number of rotatable bonds is 8. The Kier molecular flexibility index (Phi) is 6.63. The Hall–Kier alpha value is -2.33. The molecule has 4 heteroatoms. The Morgan fingerprint density at radius 1 is 0.913 bits per heavy atom. The molecule has 0 aromatic heterocycles. The Labute approximate surface area is 136 Å². The highest BCUT2D eigenvalue weighted by atomic mass is 16.3. The second-order valence-corrected chi connectivity index (χ2v) is 5.52. The van der Waals surface area contributed by atoms with Crippen LogP contribution in [0.25, 0.3) is 11.1 Å². The number of carbonyl (C=O) groups excluding carboxylic acids is 1. The molecule has 0 fully saturated rings. The van der Waals surface area contributed by atoms with Gasteiger partial charge in [0.2, 0.25) is 0 Å². The largest absolute Gasteiger partial charge is 0.508 e. The third kappa shape index (κ3) is 5.42. The SMILES string of the molecule is O=C(NCCCCCCO)c1cccc(-c2ccc(O)cc2)c1. The molecule has 0 aliphatic heterocycles. The monoisotopic (exact) mass is 313 g/mol. The number of aliphatic hydroxyl groups excluding tert-OH is 1. The summed E-state index contributed by atoms with van der Waals surface area (Å²) in [7, 11) is 0. The molecule has 0 unspecified atom stereocenters. The number of unbranched alkanes of at least 4 members (excludes halogenated alkanes) is 3. The van der Waals surface area contributed by atoms with E-state index in [4.69, 9.17) is 5.11 Å². The first-order valence-electron chi connectivity index (χ1n) is 7.99. The smallest absolute Gasteiger partial charge is 0.251 e. The van der Waals surface area contributed by atoms with Crippen molar-refractivity contribution in [2.75, 3.05) is 13.2 Å². The summed E-state index contributed by atoms with van der Waals surface area (Å²) in [6, 6.07) is 14.4. The van der Waals surface area contributed by atoms with Crippen molar-refractivity contribution in [1.82, 2.24) is 5.32 Å². The van der Waals surface area contributed by atoms with Gasteiger partial charge in [0, 0.05) is 18.7 Å². The predicted molar refractivity (Wildman–Crippen MR) is 91.4 cm³/mol. The molecule has 0 aliphatic rings. The van der Waals surface area contributed by atoms with Crippen molar-refractivity contribution in [3.63, 3.8) is 0 Å². The summed E-state index contributed by atoms with van der Waals surface area (Å²) in [5, 5.41) is 21.0. The molecule has 2 aromatic carbocycles. The quantitative estimate of drug-likeness (QED) is 0.655. The molecular weight excluding hydrogens is 290 g/mol. The number of amides is 1. The van der Waals surface area contributed by atoms with Crippen molar-refractivity contribution in [1.29, 1.82) is 0 Å². The van der Waals surface area contributed by atoms with Crippen LogP contribution in [0, 0.1) is 0 Å². The number of aliphatic hydroxyl groups is 1. The number of carbonyl (C=O) groups is 1. The fourth-order valence-corrected chi connectivity index (χ4v) is 2.39. The zero-order valence-electron chi connectivity index (χ0n) is 13.2. The van der Waals surface area contributed by atoms with E-state index in [2.05, 4.69) is 5.32 Å². The average molecular weight is 313 g/mol. The van der Waals surface area contributed by atoms with E-state index in [0.717, 1.165) is 36.8 Å². The van der Waals surface area contributed by atoms with E-state index in [1.165, 1.54) is 0 Å². The van der Waals surface area contributed by atoms with Crippen LogP contribution in [0.1, 0.15) is 36.0 Å². The lowest BCUT2D eigenvalue weighted by Crippen LogP contribution is -2.24. The summed E-state index contributed by atoms with van der Waals surface area (Å²) >= 11 is 0. The number of benzene rings is 2. The molecule has 0 aliphatic carbocycles. The lowest BCUT2D eigenvalue weighted by molar-refractivity contribution is 0.0953. The van der Waals surface area contributed by atoms with E-state index < -0.39 is 0 Å². The van der Waals surface area contributed by atoms with E-state index in [0.29, 0.717) is 12.1 Å². The molecule has 0 spiro atoms. The molecule has 0 atom stereocenters. The maximum Gasteiger partial charge on any atom is 0.251 e. The van der Waals surface area contributed by atoms with Crippen LogP contribution in [-0.4, -0.2) is 29.3 Å². The molecule has 0 radical (unpaired) electrons. The highest BCUT2D eigenvalue weighted by Crippen LogP contribution is 2.22. The average Bonchev–Trinajstić information content (AvgIpc) is 2.58. The van der Waals surface area contributed by atoms with Gasteiger partial charge in [-0.15, -0.1) is 0 Å². The maximum atomic E-state index is 12.2. The van der Waals surface area contributed by atoms with Crippen molar-refractivity contribution >= 4 is 5.91 Å². The van der Waals surface area contributed by atoms with Crippen LogP contribution >= 0.6 is 0 Å². The molecule has 2 rings (SSSR count). The van der Waals surface area contributed by atoms with Crippen LogP contribution in [0.5, 0.6) is 5.75 Å². The van der Waals surface area contributed by atoms with Gasteiger partial charge in [-0.3, -0.25) is 4.79 Å². The number of nitrogens with one attached hydrogen (secondary N) is 1. The normalized spacial score (nSPS) is 10.5. The fraction of sp³-hybridized carbons (Fsp3) is 0.316. The summed E-state index contributed by atoms with van der Waals surface area (Å²) in [5.41, 5.74) is 2.54. The summed E-state index contributed by atoms with van der Waals surface area (Å²) in [5.74, 6) is 0.150. The number of phenols is 1. The van der Waals surface area contributed by atoms with Gasteiger partial charge in [0.05, 0.1) is 0 Å². The first-order chi connectivity index (χ1) is 11.2. The van der Waals surface area contributed by atoms with Crippen LogP contribution in [0.2, 0.25) is 0 Å². The van der Waals surface area contributed by atoms with Gasteiger partial charge in [0.25, 0.3) is 5.91 Å². The van der Waals surface area contributed by atoms with Gasteiger partial charge in [-0.05, 0) is 48.2 Å². The zero-order chi connectivity index (χ0) is 16.5. The van der Waals surface area contributed by atoms with Crippen LogP contribution in [0.4, 0.5) is 0 Å². The summed E-state index contributed by atoms with van der Waals surface area (Å²) < 4.78 is 0. The second-order valence-electron chi connectivity index (χ2n) is 5.52. The van der Waals surface area contributed by atoms with E-state index in [1.54, 1.807) is 18.2 Å². The van der Waals surface area contributed by atoms with Crippen molar-refractivity contribution in [2.45, 2.75) is 25.7 Å². The summed E-state index contributed by atoms with van der Waals surface area (Å²) in [6.07, 6.45) is 3.74. The number of hydrogen-bond donors (Lipinski definition) is 3. The van der Waals surface area contributed by atoms with Gasteiger partial charge in [-0.25, -0.2) is 0 Å².